The third-order valence-corrected chi connectivity index (χ3v) is 9.27. The molecule has 0 aliphatic carbocycles. The number of sulfone groups is 1. The van der Waals surface area contributed by atoms with Crippen LogP contribution in [-0.4, -0.2) is 95.5 Å². The Morgan fingerprint density at radius 2 is 1.57 bits per heavy atom. The van der Waals surface area contributed by atoms with E-state index in [2.05, 4.69) is 51.0 Å². The predicted molar refractivity (Wildman–Crippen MR) is 157 cm³/mol. The number of pyridine rings is 2. The molecule has 2 unspecified atom stereocenters. The van der Waals surface area contributed by atoms with Crippen molar-refractivity contribution in [2.75, 3.05) is 28.7 Å². The normalized spacial score (nSPS) is 19.4. The molecule has 17 heteroatoms. The Morgan fingerprint density at radius 3 is 2.16 bits per heavy atom. The van der Waals surface area contributed by atoms with E-state index >= 15 is 0 Å². The van der Waals surface area contributed by atoms with Crippen LogP contribution >= 0.6 is 0 Å². The van der Waals surface area contributed by atoms with Crippen molar-refractivity contribution < 1.29 is 22.8 Å². The number of nitrogens with one attached hydrogen (secondary N) is 4. The van der Waals surface area contributed by atoms with E-state index in [9.17, 15) is 22.8 Å². The van der Waals surface area contributed by atoms with Gasteiger partial charge in [0.1, 0.15) is 11.4 Å². The summed E-state index contributed by atoms with van der Waals surface area (Å²) in [4.78, 5) is 53.9. The van der Waals surface area contributed by atoms with Crippen LogP contribution in [0.3, 0.4) is 0 Å². The van der Waals surface area contributed by atoms with Gasteiger partial charge in [-0.2, -0.15) is 0 Å². The first kappa shape index (κ1) is 29.0. The van der Waals surface area contributed by atoms with Crippen molar-refractivity contribution in [2.45, 2.75) is 32.7 Å². The SMILES string of the molecule is CC(C)N1CC(C(=O)Nc2nnc(-c3cccc(-c4ccc(-c5nnc(NC(=O)C6CCS(=O)(=O)C6)[nH]5)nc4)n3)[nH]2)CC1=O. The number of hydrogen-bond donors (Lipinski definition) is 4. The minimum atomic E-state index is -3.18. The molecule has 4 N–H and O–H groups in total. The monoisotopic (exact) mass is 619 g/mol. The Kier molecular flexibility index (Phi) is 7.62. The highest BCUT2D eigenvalue weighted by atomic mass is 32.2. The number of rotatable bonds is 8. The quantitative estimate of drug-likeness (QED) is 0.220. The van der Waals surface area contributed by atoms with Crippen molar-refractivity contribution in [1.82, 2.24) is 45.2 Å². The molecule has 2 fully saturated rings. The van der Waals surface area contributed by atoms with Crippen LogP contribution in [0.2, 0.25) is 0 Å². The molecule has 2 aliphatic rings. The number of amides is 3. The van der Waals surface area contributed by atoms with Crippen LogP contribution in [-0.2, 0) is 24.2 Å². The molecule has 2 atom stereocenters. The predicted octanol–water partition coefficient (Wildman–Crippen LogP) is 1.28. The first-order valence-electron chi connectivity index (χ1n) is 14.0. The molecule has 4 aromatic heterocycles. The smallest absolute Gasteiger partial charge is 0.232 e. The van der Waals surface area contributed by atoms with Crippen LogP contribution in [0.15, 0.2) is 36.5 Å². The third-order valence-electron chi connectivity index (χ3n) is 7.51. The second-order valence-corrected chi connectivity index (χ2v) is 13.2. The molecule has 0 aromatic carbocycles. The Bertz CT molecular complexity index is 1830. The summed E-state index contributed by atoms with van der Waals surface area (Å²) in [6, 6.07) is 8.91. The van der Waals surface area contributed by atoms with Crippen LogP contribution in [0.5, 0.6) is 0 Å². The van der Waals surface area contributed by atoms with Gasteiger partial charge in [0, 0.05) is 30.8 Å². The number of anilines is 2. The van der Waals surface area contributed by atoms with Gasteiger partial charge in [-0.3, -0.25) is 30.0 Å². The summed E-state index contributed by atoms with van der Waals surface area (Å²) in [7, 11) is -3.18. The molecule has 16 nitrogen and oxygen atoms in total. The van der Waals surface area contributed by atoms with Crippen LogP contribution in [0.25, 0.3) is 34.3 Å². The van der Waals surface area contributed by atoms with Gasteiger partial charge >= 0.3 is 0 Å². The van der Waals surface area contributed by atoms with E-state index in [4.69, 9.17) is 0 Å². The molecule has 2 saturated heterocycles. The van der Waals surface area contributed by atoms with E-state index in [1.165, 1.54) is 0 Å². The molecule has 6 heterocycles. The number of nitrogens with zero attached hydrogens (tertiary/aromatic N) is 7. The second-order valence-electron chi connectivity index (χ2n) is 11.0. The van der Waals surface area contributed by atoms with Gasteiger partial charge in [0.15, 0.2) is 21.5 Å². The molecule has 2 aliphatic heterocycles. The Labute approximate surface area is 251 Å². The molecule has 0 spiro atoms. The van der Waals surface area contributed by atoms with Crippen LogP contribution in [0, 0.1) is 11.8 Å². The van der Waals surface area contributed by atoms with Crippen molar-refractivity contribution in [3.63, 3.8) is 0 Å². The summed E-state index contributed by atoms with van der Waals surface area (Å²) in [6.07, 6.45) is 2.05. The number of aromatic amines is 2. The van der Waals surface area contributed by atoms with E-state index in [1.807, 2.05) is 19.9 Å². The maximum atomic E-state index is 12.7. The largest absolute Gasteiger partial charge is 0.339 e. The topological polar surface area (TPSA) is 222 Å². The fourth-order valence-electron chi connectivity index (χ4n) is 5.13. The lowest BCUT2D eigenvalue weighted by Crippen LogP contribution is -2.33. The number of aromatic nitrogens is 8. The lowest BCUT2D eigenvalue weighted by molar-refractivity contribution is -0.129. The van der Waals surface area contributed by atoms with E-state index in [-0.39, 0.29) is 54.1 Å². The van der Waals surface area contributed by atoms with Crippen molar-refractivity contribution in [1.29, 1.82) is 0 Å². The fraction of sp³-hybridized carbons (Fsp3) is 0.370. The van der Waals surface area contributed by atoms with Crippen molar-refractivity contribution in [3.05, 3.63) is 36.5 Å². The van der Waals surface area contributed by atoms with Gasteiger partial charge in [-0.15, -0.1) is 20.4 Å². The molecule has 44 heavy (non-hydrogen) atoms. The molecule has 3 amide bonds. The number of carbonyl (C=O) groups is 3. The highest BCUT2D eigenvalue weighted by molar-refractivity contribution is 7.91. The molecule has 0 radical (unpaired) electrons. The molecule has 4 aromatic rings. The molecule has 228 valence electrons. The van der Waals surface area contributed by atoms with Crippen molar-refractivity contribution in [2.24, 2.45) is 11.8 Å². The summed E-state index contributed by atoms with van der Waals surface area (Å²) in [6.45, 7) is 4.19. The Hall–Kier alpha value is -5.06. The van der Waals surface area contributed by atoms with Gasteiger partial charge in [0.25, 0.3) is 0 Å². The lowest BCUT2D eigenvalue weighted by Gasteiger charge is -2.20. The average Bonchev–Trinajstić information content (AvgIpc) is 3.80. The first-order chi connectivity index (χ1) is 21.0. The zero-order valence-electron chi connectivity index (χ0n) is 23.8. The Morgan fingerprint density at radius 1 is 0.909 bits per heavy atom. The zero-order valence-corrected chi connectivity index (χ0v) is 24.6. The standard InChI is InChI=1S/C27H29N11O5S/c1-14(2)38-12-17(10-21(38)39)25(41)33-27-31-23(35-37-27)20-5-3-4-18(29-20)15-6-7-19(28-11-15)22-30-26(36-34-22)32-24(40)16-8-9-44(42,43)13-16/h3-7,11,14,16-17H,8-10,12-13H2,1-2H3,(H2,30,32,34,36,40)(H2,31,33,35,37,41). The van der Waals surface area contributed by atoms with Crippen LogP contribution in [0.4, 0.5) is 11.9 Å². The number of H-pyrrole nitrogens is 2. The minimum Gasteiger partial charge on any atom is -0.339 e. The van der Waals surface area contributed by atoms with Crippen LogP contribution in [0.1, 0.15) is 26.7 Å². The molecule has 6 rings (SSSR count). The van der Waals surface area contributed by atoms with E-state index in [1.54, 1.807) is 35.4 Å². The number of hydrogen-bond acceptors (Lipinski definition) is 11. The van der Waals surface area contributed by atoms with Gasteiger partial charge in [0.05, 0.1) is 29.0 Å². The van der Waals surface area contributed by atoms with Gasteiger partial charge < -0.3 is 14.9 Å². The van der Waals surface area contributed by atoms with Gasteiger partial charge in [0.2, 0.25) is 29.6 Å². The molecular formula is C27H29N11O5S. The van der Waals surface area contributed by atoms with E-state index < -0.39 is 27.6 Å². The summed E-state index contributed by atoms with van der Waals surface area (Å²) < 4.78 is 23.3. The first-order valence-corrected chi connectivity index (χ1v) is 15.8. The van der Waals surface area contributed by atoms with Crippen molar-refractivity contribution in [3.8, 4) is 34.3 Å². The number of likely N-dealkylation sites (tertiary alicyclic amines) is 1. The fourth-order valence-corrected chi connectivity index (χ4v) is 6.87. The van der Waals surface area contributed by atoms with Gasteiger partial charge in [-0.1, -0.05) is 6.07 Å². The van der Waals surface area contributed by atoms with E-state index in [0.717, 1.165) is 0 Å². The maximum absolute atomic E-state index is 12.7. The van der Waals surface area contributed by atoms with Crippen LogP contribution < -0.4 is 10.6 Å². The molecule has 0 bridgehead atoms. The summed E-state index contributed by atoms with van der Waals surface area (Å²) in [5.74, 6) is -1.08. The second kappa shape index (κ2) is 11.6. The Balaban J connectivity index is 1.09. The average molecular weight is 620 g/mol. The third kappa shape index (κ3) is 6.17. The zero-order chi connectivity index (χ0) is 31.0. The van der Waals surface area contributed by atoms with Gasteiger partial charge in [-0.05, 0) is 44.5 Å². The maximum Gasteiger partial charge on any atom is 0.232 e. The summed E-state index contributed by atoms with van der Waals surface area (Å²) >= 11 is 0. The highest BCUT2D eigenvalue weighted by Gasteiger charge is 2.36. The molecule has 0 saturated carbocycles. The summed E-state index contributed by atoms with van der Waals surface area (Å²) in [5.41, 5.74) is 2.28. The van der Waals surface area contributed by atoms with E-state index in [0.29, 0.717) is 40.8 Å². The van der Waals surface area contributed by atoms with Crippen molar-refractivity contribution >= 4 is 39.5 Å². The summed E-state index contributed by atoms with van der Waals surface area (Å²) in [5, 5.41) is 21.4. The lowest BCUT2D eigenvalue weighted by atomic mass is 10.1. The highest BCUT2D eigenvalue weighted by Crippen LogP contribution is 2.25. The number of carbonyl (C=O) groups excluding carboxylic acids is 3. The minimum absolute atomic E-state index is 0.000590. The van der Waals surface area contributed by atoms with Gasteiger partial charge in [-0.25, -0.2) is 13.4 Å². The molecular weight excluding hydrogens is 590 g/mol.